The summed E-state index contributed by atoms with van der Waals surface area (Å²) in [5, 5.41) is 7.12. The zero-order valence-electron chi connectivity index (χ0n) is 15.6. The molecule has 1 N–H and O–H groups in total. The van der Waals surface area contributed by atoms with Gasteiger partial charge >= 0.3 is 0 Å². The van der Waals surface area contributed by atoms with Crippen LogP contribution >= 0.6 is 11.3 Å². The highest BCUT2D eigenvalue weighted by molar-refractivity contribution is 7.90. The topological polar surface area (TPSA) is 98.4 Å². The Balaban J connectivity index is 1.39. The average Bonchev–Trinajstić information content (AvgIpc) is 3.43. The third kappa shape index (κ3) is 4.72. The predicted molar refractivity (Wildman–Crippen MR) is 112 cm³/mol. The minimum absolute atomic E-state index is 0.0385. The number of rotatable bonds is 7. The van der Waals surface area contributed by atoms with Crippen LogP contribution in [0.15, 0.2) is 55.2 Å². The van der Waals surface area contributed by atoms with Gasteiger partial charge in [-0.3, -0.25) is 9.48 Å². The maximum atomic E-state index is 12.5. The van der Waals surface area contributed by atoms with Crippen LogP contribution in [0.1, 0.15) is 15.2 Å². The van der Waals surface area contributed by atoms with E-state index in [2.05, 4.69) is 15.4 Å². The second-order valence-electron chi connectivity index (χ2n) is 6.70. The summed E-state index contributed by atoms with van der Waals surface area (Å²) < 4.78 is 26.1. The van der Waals surface area contributed by atoms with Crippen LogP contribution in [0.25, 0.3) is 16.1 Å². The number of amides is 1. The molecular formula is C19H19N5O3S2. The second-order valence-corrected chi connectivity index (χ2v) is 10.0. The van der Waals surface area contributed by atoms with E-state index in [1.807, 2.05) is 35.0 Å². The van der Waals surface area contributed by atoms with Gasteiger partial charge in [-0.05, 0) is 29.8 Å². The number of hydrogen-bond acceptors (Lipinski definition) is 6. The third-order valence-corrected chi connectivity index (χ3v) is 6.41. The van der Waals surface area contributed by atoms with Crippen molar-refractivity contribution in [1.82, 2.24) is 24.5 Å². The first kappa shape index (κ1) is 19.3. The molecule has 0 aliphatic carbocycles. The maximum absolute atomic E-state index is 12.5. The van der Waals surface area contributed by atoms with Gasteiger partial charge in [0.05, 0.1) is 23.4 Å². The molecule has 4 aromatic heterocycles. The molecule has 0 aliphatic heterocycles. The molecule has 0 bridgehead atoms. The Morgan fingerprint density at radius 1 is 1.24 bits per heavy atom. The van der Waals surface area contributed by atoms with Crippen molar-refractivity contribution in [3.63, 3.8) is 0 Å². The first-order valence-corrected chi connectivity index (χ1v) is 11.8. The van der Waals surface area contributed by atoms with Gasteiger partial charge in [-0.15, -0.1) is 11.3 Å². The molecule has 4 heterocycles. The summed E-state index contributed by atoms with van der Waals surface area (Å²) in [5.41, 5.74) is 2.66. The van der Waals surface area contributed by atoms with Crippen LogP contribution in [-0.2, 0) is 22.9 Å². The third-order valence-electron chi connectivity index (χ3n) is 4.35. The van der Waals surface area contributed by atoms with Crippen LogP contribution in [0.2, 0.25) is 0 Å². The van der Waals surface area contributed by atoms with Crippen molar-refractivity contribution < 1.29 is 13.2 Å². The monoisotopic (exact) mass is 429 g/mol. The van der Waals surface area contributed by atoms with Crippen LogP contribution in [0.3, 0.4) is 0 Å². The standard InChI is InChI=1S/C19H19N5O3S2/c1-29(26,27)9-8-24-13-15(12-22-24)16-2-3-17(28-16)19(25)21-11-14-4-6-23-7-5-20-18(23)10-14/h2-7,10,12-13H,8-9,11H2,1H3,(H,21,25). The molecule has 0 fully saturated rings. The number of fused-ring (bicyclic) bond motifs is 1. The van der Waals surface area contributed by atoms with Crippen molar-refractivity contribution in [2.45, 2.75) is 13.1 Å². The highest BCUT2D eigenvalue weighted by atomic mass is 32.2. The minimum Gasteiger partial charge on any atom is -0.347 e. The van der Waals surface area contributed by atoms with Gasteiger partial charge in [0.15, 0.2) is 0 Å². The van der Waals surface area contributed by atoms with Gasteiger partial charge in [-0.25, -0.2) is 13.4 Å². The van der Waals surface area contributed by atoms with Crippen molar-refractivity contribution in [3.05, 3.63) is 65.7 Å². The van der Waals surface area contributed by atoms with Crippen molar-refractivity contribution in [1.29, 1.82) is 0 Å². The Morgan fingerprint density at radius 2 is 2.10 bits per heavy atom. The van der Waals surface area contributed by atoms with Gasteiger partial charge in [0.1, 0.15) is 15.5 Å². The first-order valence-electron chi connectivity index (χ1n) is 8.87. The van der Waals surface area contributed by atoms with E-state index in [-0.39, 0.29) is 11.7 Å². The Morgan fingerprint density at radius 3 is 2.93 bits per heavy atom. The number of sulfone groups is 1. The molecule has 0 saturated heterocycles. The van der Waals surface area contributed by atoms with E-state index in [4.69, 9.17) is 0 Å². The summed E-state index contributed by atoms with van der Waals surface area (Å²) in [5.74, 6) is -0.106. The number of thiophene rings is 1. The summed E-state index contributed by atoms with van der Waals surface area (Å²) in [6, 6.07) is 7.53. The number of hydrogen-bond donors (Lipinski definition) is 1. The number of pyridine rings is 1. The van der Waals surface area contributed by atoms with E-state index in [0.717, 1.165) is 21.7 Å². The zero-order valence-corrected chi connectivity index (χ0v) is 17.3. The van der Waals surface area contributed by atoms with E-state index in [1.54, 1.807) is 29.3 Å². The summed E-state index contributed by atoms with van der Waals surface area (Å²) in [4.78, 5) is 18.2. The number of carbonyl (C=O) groups is 1. The molecule has 0 aliphatic rings. The van der Waals surface area contributed by atoms with Crippen LogP contribution in [0.5, 0.6) is 0 Å². The van der Waals surface area contributed by atoms with E-state index in [9.17, 15) is 13.2 Å². The molecule has 4 aromatic rings. The van der Waals surface area contributed by atoms with E-state index in [1.165, 1.54) is 17.6 Å². The number of nitrogens with one attached hydrogen (secondary N) is 1. The quantitative estimate of drug-likeness (QED) is 0.486. The van der Waals surface area contributed by atoms with Crippen LogP contribution in [0, 0.1) is 0 Å². The smallest absolute Gasteiger partial charge is 0.261 e. The predicted octanol–water partition coefficient (Wildman–Crippen LogP) is 2.23. The fourth-order valence-electron chi connectivity index (χ4n) is 2.82. The van der Waals surface area contributed by atoms with Gasteiger partial charge in [0.25, 0.3) is 5.91 Å². The van der Waals surface area contributed by atoms with E-state index >= 15 is 0 Å². The van der Waals surface area contributed by atoms with Crippen LogP contribution in [0.4, 0.5) is 0 Å². The Kier molecular flexibility index (Phi) is 5.20. The van der Waals surface area contributed by atoms with Crippen molar-refractivity contribution in [3.8, 4) is 10.4 Å². The van der Waals surface area contributed by atoms with Gasteiger partial charge < -0.3 is 9.72 Å². The first-order chi connectivity index (χ1) is 13.9. The van der Waals surface area contributed by atoms with Gasteiger partial charge in [-0.1, -0.05) is 0 Å². The molecule has 29 heavy (non-hydrogen) atoms. The molecule has 0 unspecified atom stereocenters. The molecule has 4 rings (SSSR count). The molecule has 150 valence electrons. The number of imidazole rings is 1. The highest BCUT2D eigenvalue weighted by Gasteiger charge is 2.12. The van der Waals surface area contributed by atoms with Crippen LogP contribution < -0.4 is 5.32 Å². The molecule has 0 aromatic carbocycles. The Labute approximate surface area is 171 Å². The molecule has 1 amide bonds. The lowest BCUT2D eigenvalue weighted by atomic mass is 10.2. The molecule has 0 atom stereocenters. The summed E-state index contributed by atoms with van der Waals surface area (Å²) >= 11 is 1.37. The van der Waals surface area contributed by atoms with Crippen molar-refractivity contribution in [2.24, 2.45) is 0 Å². The lowest BCUT2D eigenvalue weighted by Crippen LogP contribution is -2.21. The number of aromatic nitrogens is 4. The highest BCUT2D eigenvalue weighted by Crippen LogP contribution is 2.27. The van der Waals surface area contributed by atoms with Crippen molar-refractivity contribution in [2.75, 3.05) is 12.0 Å². The Bertz CT molecular complexity index is 1270. The minimum atomic E-state index is -3.04. The normalized spacial score (nSPS) is 11.8. The zero-order chi connectivity index (χ0) is 20.4. The second kappa shape index (κ2) is 7.80. The van der Waals surface area contributed by atoms with Gasteiger partial charge in [0.2, 0.25) is 0 Å². The average molecular weight is 430 g/mol. The Hall–Kier alpha value is -2.98. The molecule has 0 radical (unpaired) electrons. The number of carbonyl (C=O) groups excluding carboxylic acids is 1. The molecular weight excluding hydrogens is 410 g/mol. The summed E-state index contributed by atoms with van der Waals surface area (Å²) in [6.07, 6.45) is 10.2. The molecule has 0 spiro atoms. The van der Waals surface area contributed by atoms with E-state index in [0.29, 0.717) is 18.0 Å². The van der Waals surface area contributed by atoms with Gasteiger partial charge in [0, 0.05) is 48.0 Å². The van der Waals surface area contributed by atoms with Crippen LogP contribution in [-0.4, -0.2) is 45.5 Å². The number of nitrogens with zero attached hydrogens (tertiary/aromatic N) is 4. The largest absolute Gasteiger partial charge is 0.347 e. The van der Waals surface area contributed by atoms with E-state index < -0.39 is 9.84 Å². The lowest BCUT2D eigenvalue weighted by molar-refractivity contribution is 0.0955. The fraction of sp³-hybridized carbons (Fsp3) is 0.211. The molecule has 8 nitrogen and oxygen atoms in total. The maximum Gasteiger partial charge on any atom is 0.261 e. The van der Waals surface area contributed by atoms with Gasteiger partial charge in [-0.2, -0.15) is 5.10 Å². The SMILES string of the molecule is CS(=O)(=O)CCn1cc(-c2ccc(C(=O)NCc3ccn4ccnc4c3)s2)cn1. The lowest BCUT2D eigenvalue weighted by Gasteiger charge is -2.04. The summed E-state index contributed by atoms with van der Waals surface area (Å²) in [7, 11) is -3.04. The summed E-state index contributed by atoms with van der Waals surface area (Å²) in [6.45, 7) is 0.720. The molecule has 10 heteroatoms. The molecule has 0 saturated carbocycles. The number of aryl methyl sites for hydroxylation is 1. The van der Waals surface area contributed by atoms with Crippen molar-refractivity contribution >= 4 is 32.7 Å². The fourth-order valence-corrected chi connectivity index (χ4v) is 4.24.